The quantitative estimate of drug-likeness (QED) is 0.135. The van der Waals surface area contributed by atoms with Crippen molar-refractivity contribution in [3.8, 4) is 0 Å². The maximum atomic E-state index is 13.3. The van der Waals surface area contributed by atoms with Crippen molar-refractivity contribution in [1.82, 2.24) is 20.9 Å². The van der Waals surface area contributed by atoms with E-state index in [-0.39, 0.29) is 18.8 Å². The summed E-state index contributed by atoms with van der Waals surface area (Å²) in [6, 6.07) is 2.90. The minimum Gasteiger partial charge on any atom is -0.480 e. The van der Waals surface area contributed by atoms with Crippen molar-refractivity contribution in [1.29, 1.82) is 0 Å². The number of rotatable bonds is 16. The predicted molar refractivity (Wildman–Crippen MR) is 143 cm³/mol. The molecule has 0 aliphatic heterocycles. The lowest BCUT2D eigenvalue weighted by atomic mass is 10.0. The lowest BCUT2D eigenvalue weighted by molar-refractivity contribution is -0.142. The highest BCUT2D eigenvalue weighted by Gasteiger charge is 2.30. The molecule has 0 aliphatic rings. The highest BCUT2D eigenvalue weighted by atomic mass is 16.4. The van der Waals surface area contributed by atoms with E-state index < -0.39 is 54.5 Å². The van der Waals surface area contributed by atoms with E-state index in [4.69, 9.17) is 11.5 Å². The SMILES string of the molecule is CC(C)CC(N)C(=O)NC(Cc1c[nH]c2ccccc12)C(=O)NC(CO)C(=O)NC(CCCCN)C(=O)O. The average molecular weight is 533 g/mol. The highest BCUT2D eigenvalue weighted by Crippen LogP contribution is 2.19. The summed E-state index contributed by atoms with van der Waals surface area (Å²) in [5.74, 6) is -3.16. The highest BCUT2D eigenvalue weighted by molar-refractivity contribution is 5.95. The fourth-order valence-corrected chi connectivity index (χ4v) is 4.11. The maximum Gasteiger partial charge on any atom is 0.326 e. The van der Waals surface area contributed by atoms with Crippen molar-refractivity contribution in [2.24, 2.45) is 17.4 Å². The molecule has 0 spiro atoms. The van der Waals surface area contributed by atoms with Gasteiger partial charge in [0, 0.05) is 23.5 Å². The summed E-state index contributed by atoms with van der Waals surface area (Å²) in [6.07, 6.45) is 3.47. The van der Waals surface area contributed by atoms with Crippen molar-refractivity contribution in [2.75, 3.05) is 13.2 Å². The van der Waals surface area contributed by atoms with Crippen LogP contribution in [0.25, 0.3) is 10.9 Å². The fourth-order valence-electron chi connectivity index (χ4n) is 4.11. The van der Waals surface area contributed by atoms with Crippen LogP contribution in [0.1, 0.15) is 45.1 Å². The van der Waals surface area contributed by atoms with Gasteiger partial charge in [-0.15, -0.1) is 0 Å². The predicted octanol–water partition coefficient (Wildman–Crippen LogP) is -0.256. The van der Waals surface area contributed by atoms with Crippen LogP contribution < -0.4 is 27.4 Å². The number of carbonyl (C=O) groups excluding carboxylic acids is 3. The van der Waals surface area contributed by atoms with Crippen LogP contribution in [0.15, 0.2) is 30.5 Å². The molecule has 0 bridgehead atoms. The molecule has 2 rings (SSSR count). The number of para-hydroxylation sites is 1. The third-order valence-electron chi connectivity index (χ3n) is 6.17. The fraction of sp³-hybridized carbons (Fsp3) is 0.538. The summed E-state index contributed by atoms with van der Waals surface area (Å²) in [6.45, 7) is 3.47. The van der Waals surface area contributed by atoms with Crippen molar-refractivity contribution in [3.05, 3.63) is 36.0 Å². The number of benzene rings is 1. The van der Waals surface area contributed by atoms with Gasteiger partial charge >= 0.3 is 5.97 Å². The Morgan fingerprint density at radius 2 is 1.58 bits per heavy atom. The molecule has 38 heavy (non-hydrogen) atoms. The number of amides is 3. The molecule has 1 aromatic carbocycles. The standard InChI is InChI=1S/C26H40N6O6/c1-15(2)11-18(28)23(34)31-21(12-16-13-29-19-8-4-3-7-17(16)19)24(35)32-22(14-33)25(36)30-20(26(37)38)9-5-6-10-27/h3-4,7-8,13,15,18,20-22,29,33H,5-6,9-12,14,27-28H2,1-2H3,(H,30,36)(H,31,34)(H,32,35)(H,37,38). The Labute approximate surface area is 221 Å². The second kappa shape index (κ2) is 15.1. The minimum absolute atomic E-state index is 0.0899. The number of carboxylic acid groups (broad SMARTS) is 1. The van der Waals surface area contributed by atoms with Gasteiger partial charge in [0.25, 0.3) is 0 Å². The van der Waals surface area contributed by atoms with Crippen LogP contribution in [0.2, 0.25) is 0 Å². The van der Waals surface area contributed by atoms with Crippen LogP contribution >= 0.6 is 0 Å². The van der Waals surface area contributed by atoms with Gasteiger partial charge in [0.05, 0.1) is 12.6 Å². The van der Waals surface area contributed by atoms with Gasteiger partial charge in [0.1, 0.15) is 18.1 Å². The van der Waals surface area contributed by atoms with Crippen LogP contribution in [0.4, 0.5) is 0 Å². The largest absolute Gasteiger partial charge is 0.480 e. The molecule has 2 aromatic rings. The van der Waals surface area contributed by atoms with Gasteiger partial charge in [-0.25, -0.2) is 4.79 Å². The van der Waals surface area contributed by atoms with Crippen LogP contribution in [0.3, 0.4) is 0 Å². The van der Waals surface area contributed by atoms with Crippen LogP contribution in [-0.4, -0.2) is 76.2 Å². The molecule has 0 fully saturated rings. The molecular formula is C26H40N6O6. The zero-order chi connectivity index (χ0) is 28.2. The zero-order valence-electron chi connectivity index (χ0n) is 21.9. The smallest absolute Gasteiger partial charge is 0.326 e. The van der Waals surface area contributed by atoms with E-state index in [0.29, 0.717) is 25.8 Å². The Hall–Kier alpha value is -3.48. The van der Waals surface area contributed by atoms with Crippen molar-refractivity contribution in [2.45, 2.75) is 70.1 Å². The molecule has 0 saturated heterocycles. The Balaban J connectivity index is 2.19. The van der Waals surface area contributed by atoms with E-state index >= 15 is 0 Å². The summed E-state index contributed by atoms with van der Waals surface area (Å²) in [4.78, 5) is 53.5. The number of unbranched alkanes of at least 4 members (excludes halogenated alkanes) is 1. The lowest BCUT2D eigenvalue weighted by Gasteiger charge is -2.24. The molecule has 4 atom stereocenters. The summed E-state index contributed by atoms with van der Waals surface area (Å²) in [7, 11) is 0. The first-order valence-corrected chi connectivity index (χ1v) is 12.8. The van der Waals surface area contributed by atoms with Crippen LogP contribution in [-0.2, 0) is 25.6 Å². The van der Waals surface area contributed by atoms with Gasteiger partial charge in [-0.3, -0.25) is 14.4 Å². The van der Waals surface area contributed by atoms with Gasteiger partial charge < -0.3 is 42.6 Å². The molecule has 0 aliphatic carbocycles. The van der Waals surface area contributed by atoms with Gasteiger partial charge in [-0.05, 0) is 49.8 Å². The Morgan fingerprint density at radius 1 is 0.947 bits per heavy atom. The normalized spacial score (nSPS) is 14.5. The number of carboxylic acids is 1. The average Bonchev–Trinajstić information content (AvgIpc) is 3.28. The Morgan fingerprint density at radius 3 is 2.21 bits per heavy atom. The Kier molecular flexibility index (Phi) is 12.2. The number of hydrogen-bond acceptors (Lipinski definition) is 7. The van der Waals surface area contributed by atoms with E-state index in [2.05, 4.69) is 20.9 Å². The Bertz CT molecular complexity index is 1090. The lowest BCUT2D eigenvalue weighted by Crippen LogP contribution is -2.58. The molecule has 0 saturated carbocycles. The van der Waals surface area contributed by atoms with E-state index in [1.165, 1.54) is 0 Å². The molecule has 4 unspecified atom stereocenters. The number of H-pyrrole nitrogens is 1. The van der Waals surface area contributed by atoms with Crippen LogP contribution in [0.5, 0.6) is 0 Å². The van der Waals surface area contributed by atoms with E-state index in [1.807, 2.05) is 38.1 Å². The van der Waals surface area contributed by atoms with Gasteiger partial charge in [-0.2, -0.15) is 0 Å². The summed E-state index contributed by atoms with van der Waals surface area (Å²) < 4.78 is 0. The molecule has 10 N–H and O–H groups in total. The number of aromatic nitrogens is 1. The zero-order valence-corrected chi connectivity index (χ0v) is 21.9. The summed E-state index contributed by atoms with van der Waals surface area (Å²) >= 11 is 0. The molecule has 0 radical (unpaired) electrons. The van der Waals surface area contributed by atoms with E-state index in [9.17, 15) is 29.4 Å². The third-order valence-corrected chi connectivity index (χ3v) is 6.17. The topological polar surface area (TPSA) is 213 Å². The number of nitrogens with two attached hydrogens (primary N) is 2. The minimum atomic E-state index is -1.43. The monoisotopic (exact) mass is 532 g/mol. The third kappa shape index (κ3) is 9.12. The number of nitrogens with one attached hydrogen (secondary N) is 4. The number of aliphatic hydroxyl groups is 1. The summed E-state index contributed by atoms with van der Waals surface area (Å²) in [5.41, 5.74) is 13.1. The number of aliphatic carboxylic acids is 1. The van der Waals surface area contributed by atoms with E-state index in [0.717, 1.165) is 16.5 Å². The maximum absolute atomic E-state index is 13.3. The van der Waals surface area contributed by atoms with Gasteiger partial charge in [-0.1, -0.05) is 32.0 Å². The number of aliphatic hydroxyl groups excluding tert-OH is 1. The first-order valence-electron chi connectivity index (χ1n) is 12.8. The molecule has 12 heteroatoms. The number of aromatic amines is 1. The van der Waals surface area contributed by atoms with Crippen molar-refractivity contribution in [3.63, 3.8) is 0 Å². The van der Waals surface area contributed by atoms with Crippen molar-refractivity contribution < 1.29 is 29.4 Å². The number of fused-ring (bicyclic) bond motifs is 1. The summed E-state index contributed by atoms with van der Waals surface area (Å²) in [5, 5.41) is 27.6. The van der Waals surface area contributed by atoms with E-state index in [1.54, 1.807) is 6.20 Å². The van der Waals surface area contributed by atoms with Crippen LogP contribution in [0, 0.1) is 5.92 Å². The second-order valence-electron chi connectivity index (χ2n) is 9.79. The first-order chi connectivity index (χ1) is 18.1. The number of hydrogen-bond donors (Lipinski definition) is 8. The molecule has 1 heterocycles. The molecular weight excluding hydrogens is 492 g/mol. The molecule has 210 valence electrons. The number of carbonyl (C=O) groups is 4. The molecule has 3 amide bonds. The first kappa shape index (κ1) is 30.7. The van der Waals surface area contributed by atoms with Gasteiger partial charge in [0.2, 0.25) is 17.7 Å². The molecule has 12 nitrogen and oxygen atoms in total. The van der Waals surface area contributed by atoms with Gasteiger partial charge in [0.15, 0.2) is 0 Å². The molecule has 1 aromatic heterocycles. The van der Waals surface area contributed by atoms with Crippen molar-refractivity contribution >= 4 is 34.6 Å². The second-order valence-corrected chi connectivity index (χ2v) is 9.79.